The van der Waals surface area contributed by atoms with Crippen molar-refractivity contribution in [1.29, 1.82) is 0 Å². The molecule has 2 nitrogen and oxygen atoms in total. The summed E-state index contributed by atoms with van der Waals surface area (Å²) in [5.41, 5.74) is 1.18. The van der Waals surface area contributed by atoms with E-state index < -0.39 is 0 Å². The van der Waals surface area contributed by atoms with Crippen LogP contribution in [0.3, 0.4) is 0 Å². The molecule has 0 saturated heterocycles. The molecule has 0 heterocycles. The van der Waals surface area contributed by atoms with E-state index >= 15 is 0 Å². The summed E-state index contributed by atoms with van der Waals surface area (Å²) < 4.78 is 5.91. The molecule has 0 aromatic heterocycles. The SMILES string of the molecule is C=C(C)C(NCC)C1(OC)CCCCCC1. The highest BCUT2D eigenvalue weighted by atomic mass is 16.5. The third kappa shape index (κ3) is 3.08. The number of likely N-dealkylation sites (N-methyl/N-ethyl adjacent to an activating group) is 1. The van der Waals surface area contributed by atoms with Crippen LogP contribution in [0.25, 0.3) is 0 Å². The van der Waals surface area contributed by atoms with E-state index in [-0.39, 0.29) is 5.60 Å². The zero-order chi connectivity index (χ0) is 12.0. The quantitative estimate of drug-likeness (QED) is 0.572. The summed E-state index contributed by atoms with van der Waals surface area (Å²) in [7, 11) is 1.86. The van der Waals surface area contributed by atoms with Crippen molar-refractivity contribution in [3.63, 3.8) is 0 Å². The van der Waals surface area contributed by atoms with Crippen molar-refractivity contribution in [3.8, 4) is 0 Å². The van der Waals surface area contributed by atoms with Gasteiger partial charge in [-0.25, -0.2) is 0 Å². The molecule has 1 unspecified atom stereocenters. The lowest BCUT2D eigenvalue weighted by Gasteiger charge is -2.40. The number of hydrogen-bond acceptors (Lipinski definition) is 2. The van der Waals surface area contributed by atoms with Crippen LogP contribution in [0.5, 0.6) is 0 Å². The van der Waals surface area contributed by atoms with Gasteiger partial charge in [-0.05, 0) is 26.3 Å². The van der Waals surface area contributed by atoms with Crippen LogP contribution in [-0.4, -0.2) is 25.3 Å². The molecule has 1 saturated carbocycles. The maximum absolute atomic E-state index is 5.91. The standard InChI is InChI=1S/C14H27NO/c1-5-15-13(12(2)3)14(16-4)10-8-6-7-9-11-14/h13,15H,2,5-11H2,1,3-4H3. The predicted molar refractivity (Wildman–Crippen MR) is 69.7 cm³/mol. The van der Waals surface area contributed by atoms with Gasteiger partial charge in [-0.1, -0.05) is 44.8 Å². The van der Waals surface area contributed by atoms with Crippen molar-refractivity contribution in [2.45, 2.75) is 64.0 Å². The molecule has 0 aliphatic heterocycles. The van der Waals surface area contributed by atoms with E-state index in [0.29, 0.717) is 6.04 Å². The summed E-state index contributed by atoms with van der Waals surface area (Å²) in [5.74, 6) is 0. The Hall–Kier alpha value is -0.340. The number of nitrogens with one attached hydrogen (secondary N) is 1. The first kappa shape index (κ1) is 13.7. The Labute approximate surface area is 100 Å². The van der Waals surface area contributed by atoms with Crippen LogP contribution in [-0.2, 0) is 4.74 Å². The Kier molecular flexibility index (Phi) is 5.50. The van der Waals surface area contributed by atoms with E-state index in [1.807, 2.05) is 7.11 Å². The van der Waals surface area contributed by atoms with Crippen LogP contribution in [0.4, 0.5) is 0 Å². The normalized spacial score (nSPS) is 22.4. The van der Waals surface area contributed by atoms with Gasteiger partial charge in [-0.2, -0.15) is 0 Å². The molecule has 1 aliphatic rings. The van der Waals surface area contributed by atoms with Crippen molar-refractivity contribution >= 4 is 0 Å². The van der Waals surface area contributed by atoms with Gasteiger partial charge >= 0.3 is 0 Å². The highest BCUT2D eigenvalue weighted by Crippen LogP contribution is 2.35. The van der Waals surface area contributed by atoms with Crippen LogP contribution in [0, 0.1) is 0 Å². The molecule has 94 valence electrons. The van der Waals surface area contributed by atoms with Gasteiger partial charge in [-0.15, -0.1) is 0 Å². The second-order valence-electron chi connectivity index (χ2n) is 5.02. The Morgan fingerprint density at radius 3 is 2.25 bits per heavy atom. The minimum Gasteiger partial charge on any atom is -0.376 e. The first-order chi connectivity index (χ1) is 7.66. The van der Waals surface area contributed by atoms with Crippen LogP contribution in [0.2, 0.25) is 0 Å². The van der Waals surface area contributed by atoms with Crippen molar-refractivity contribution < 1.29 is 4.74 Å². The van der Waals surface area contributed by atoms with Gasteiger partial charge < -0.3 is 10.1 Å². The summed E-state index contributed by atoms with van der Waals surface area (Å²) in [6.07, 6.45) is 7.58. The van der Waals surface area contributed by atoms with Crippen LogP contribution in [0.1, 0.15) is 52.4 Å². The van der Waals surface area contributed by atoms with E-state index in [1.54, 1.807) is 0 Å². The molecule has 1 aliphatic carbocycles. The van der Waals surface area contributed by atoms with Gasteiger partial charge in [0.15, 0.2) is 0 Å². The monoisotopic (exact) mass is 225 g/mol. The molecule has 0 aromatic rings. The van der Waals surface area contributed by atoms with Gasteiger partial charge in [0.1, 0.15) is 0 Å². The predicted octanol–water partition coefficient (Wildman–Crippen LogP) is 3.28. The van der Waals surface area contributed by atoms with E-state index in [4.69, 9.17) is 4.74 Å². The topological polar surface area (TPSA) is 21.3 Å². The van der Waals surface area contributed by atoms with Crippen molar-refractivity contribution in [2.75, 3.05) is 13.7 Å². The minimum atomic E-state index is -0.0155. The summed E-state index contributed by atoms with van der Waals surface area (Å²) in [5, 5.41) is 3.55. The minimum absolute atomic E-state index is 0.0155. The molecule has 0 bridgehead atoms. The Morgan fingerprint density at radius 1 is 1.31 bits per heavy atom. The number of hydrogen-bond donors (Lipinski definition) is 1. The smallest absolute Gasteiger partial charge is 0.0869 e. The van der Waals surface area contributed by atoms with E-state index in [2.05, 4.69) is 25.7 Å². The van der Waals surface area contributed by atoms with E-state index in [0.717, 1.165) is 19.4 Å². The van der Waals surface area contributed by atoms with Crippen molar-refractivity contribution in [1.82, 2.24) is 5.32 Å². The third-order valence-electron chi connectivity index (χ3n) is 3.78. The third-order valence-corrected chi connectivity index (χ3v) is 3.78. The summed E-state index contributed by atoms with van der Waals surface area (Å²) >= 11 is 0. The van der Waals surface area contributed by atoms with Gasteiger partial charge in [0, 0.05) is 7.11 Å². The number of methoxy groups -OCH3 is 1. The molecule has 2 heteroatoms. The summed E-state index contributed by atoms with van der Waals surface area (Å²) in [6, 6.07) is 0.306. The summed E-state index contributed by atoms with van der Waals surface area (Å²) in [6.45, 7) is 9.36. The second-order valence-corrected chi connectivity index (χ2v) is 5.02. The first-order valence-electron chi connectivity index (χ1n) is 6.60. The maximum Gasteiger partial charge on any atom is 0.0869 e. The molecule has 0 amide bonds. The average Bonchev–Trinajstić information content (AvgIpc) is 2.51. The molecular weight excluding hydrogens is 198 g/mol. The van der Waals surface area contributed by atoms with E-state index in [1.165, 1.54) is 31.3 Å². The fourth-order valence-corrected chi connectivity index (χ4v) is 2.95. The van der Waals surface area contributed by atoms with Crippen LogP contribution in [0.15, 0.2) is 12.2 Å². The van der Waals surface area contributed by atoms with Crippen LogP contribution >= 0.6 is 0 Å². The molecule has 0 aromatic carbocycles. The Balaban J connectivity index is 2.84. The van der Waals surface area contributed by atoms with Crippen molar-refractivity contribution in [2.24, 2.45) is 0 Å². The molecular formula is C14H27NO. The molecule has 0 radical (unpaired) electrons. The van der Waals surface area contributed by atoms with Gasteiger partial charge in [0.2, 0.25) is 0 Å². The van der Waals surface area contributed by atoms with E-state index in [9.17, 15) is 0 Å². The van der Waals surface area contributed by atoms with Gasteiger partial charge in [-0.3, -0.25) is 0 Å². The maximum atomic E-state index is 5.91. The zero-order valence-corrected chi connectivity index (χ0v) is 11.1. The first-order valence-corrected chi connectivity index (χ1v) is 6.60. The molecule has 1 N–H and O–H groups in total. The van der Waals surface area contributed by atoms with Gasteiger partial charge in [0.25, 0.3) is 0 Å². The van der Waals surface area contributed by atoms with Crippen LogP contribution < -0.4 is 5.32 Å². The Bertz CT molecular complexity index is 217. The Morgan fingerprint density at radius 2 is 1.88 bits per heavy atom. The average molecular weight is 225 g/mol. The number of ether oxygens (including phenoxy) is 1. The van der Waals surface area contributed by atoms with Crippen molar-refractivity contribution in [3.05, 3.63) is 12.2 Å². The highest BCUT2D eigenvalue weighted by molar-refractivity contribution is 5.12. The number of rotatable bonds is 5. The molecule has 1 atom stereocenters. The zero-order valence-electron chi connectivity index (χ0n) is 11.1. The fourth-order valence-electron chi connectivity index (χ4n) is 2.95. The summed E-state index contributed by atoms with van der Waals surface area (Å²) in [4.78, 5) is 0. The highest BCUT2D eigenvalue weighted by Gasteiger charge is 2.38. The van der Waals surface area contributed by atoms with Gasteiger partial charge in [0.05, 0.1) is 11.6 Å². The fraction of sp³-hybridized carbons (Fsp3) is 0.857. The lowest BCUT2D eigenvalue weighted by Crippen LogP contribution is -2.52. The molecule has 16 heavy (non-hydrogen) atoms. The second kappa shape index (κ2) is 6.41. The molecule has 1 rings (SSSR count). The molecule has 1 fully saturated rings. The lowest BCUT2D eigenvalue weighted by molar-refractivity contribution is -0.0430. The molecule has 0 spiro atoms. The largest absolute Gasteiger partial charge is 0.376 e. The lowest BCUT2D eigenvalue weighted by atomic mass is 9.82.